The fourth-order valence-corrected chi connectivity index (χ4v) is 7.44. The minimum atomic E-state index is -0.0482. The fourth-order valence-electron chi connectivity index (χ4n) is 7.44. The van der Waals surface area contributed by atoms with Crippen molar-refractivity contribution in [1.29, 1.82) is 0 Å². The van der Waals surface area contributed by atoms with Gasteiger partial charge in [-0.2, -0.15) is 0 Å². The van der Waals surface area contributed by atoms with E-state index in [4.69, 9.17) is 4.74 Å². The Labute approximate surface area is 177 Å². The van der Waals surface area contributed by atoms with Gasteiger partial charge in [0.05, 0.1) is 0 Å². The molecule has 0 spiro atoms. The van der Waals surface area contributed by atoms with Crippen molar-refractivity contribution in [2.24, 2.45) is 28.6 Å². The molecule has 0 aromatic heterocycles. The molecule has 4 aliphatic rings. The highest BCUT2D eigenvalue weighted by Gasteiger charge is 2.58. The Morgan fingerprint density at radius 3 is 2.62 bits per heavy atom. The highest BCUT2D eigenvalue weighted by atomic mass is 16.5. The average Bonchev–Trinajstić information content (AvgIpc) is 3.00. The molecule has 0 aromatic carbocycles. The molecule has 0 amide bonds. The van der Waals surface area contributed by atoms with Crippen LogP contribution in [0.2, 0.25) is 0 Å². The summed E-state index contributed by atoms with van der Waals surface area (Å²) in [7, 11) is 0. The van der Waals surface area contributed by atoms with Crippen LogP contribution in [0.25, 0.3) is 0 Å². The summed E-state index contributed by atoms with van der Waals surface area (Å²) in [6, 6.07) is 0. The van der Waals surface area contributed by atoms with Crippen LogP contribution in [0.1, 0.15) is 104 Å². The monoisotopic (exact) mass is 400 g/mol. The highest BCUT2D eigenvalue weighted by molar-refractivity contribution is 5.87. The first-order valence-electron chi connectivity index (χ1n) is 12.3. The van der Waals surface area contributed by atoms with E-state index in [1.807, 2.05) is 0 Å². The maximum atomic E-state index is 12.6. The Balaban J connectivity index is 1.39. The lowest BCUT2D eigenvalue weighted by Crippen LogP contribution is -2.50. The maximum absolute atomic E-state index is 12.6. The van der Waals surface area contributed by atoms with Crippen LogP contribution in [0.3, 0.4) is 0 Å². The summed E-state index contributed by atoms with van der Waals surface area (Å²) in [5, 5.41) is 0. The second kappa shape index (κ2) is 8.19. The molecule has 3 nitrogen and oxygen atoms in total. The zero-order valence-corrected chi connectivity index (χ0v) is 18.8. The lowest BCUT2D eigenvalue weighted by molar-refractivity contribution is -0.151. The van der Waals surface area contributed by atoms with Crippen LogP contribution in [-0.2, 0) is 14.3 Å². The predicted octanol–water partition coefficient (Wildman–Crippen LogP) is 6.40. The number of ether oxygens (including phenoxy) is 1. The molecule has 6 atom stereocenters. The molecule has 0 saturated heterocycles. The zero-order valence-electron chi connectivity index (χ0n) is 18.8. The Morgan fingerprint density at radius 1 is 1.07 bits per heavy atom. The van der Waals surface area contributed by atoms with Crippen molar-refractivity contribution in [1.82, 2.24) is 0 Å². The summed E-state index contributed by atoms with van der Waals surface area (Å²) >= 11 is 0. The van der Waals surface area contributed by atoms with Gasteiger partial charge in [0.1, 0.15) is 11.9 Å². The molecular formula is C26H40O3. The number of carbonyl (C=O) groups excluding carboxylic acids is 2. The normalized spacial score (nSPS) is 41.2. The van der Waals surface area contributed by atoms with Crippen LogP contribution < -0.4 is 0 Å². The Bertz CT molecular complexity index is 679. The summed E-state index contributed by atoms with van der Waals surface area (Å²) < 4.78 is 5.88. The van der Waals surface area contributed by atoms with Gasteiger partial charge in [0.25, 0.3) is 0 Å². The van der Waals surface area contributed by atoms with Crippen molar-refractivity contribution < 1.29 is 14.3 Å². The minimum Gasteiger partial charge on any atom is -0.462 e. The number of carbonyl (C=O) groups is 2. The smallest absolute Gasteiger partial charge is 0.306 e. The number of esters is 1. The van der Waals surface area contributed by atoms with Crippen LogP contribution in [0.15, 0.2) is 11.6 Å². The Morgan fingerprint density at radius 2 is 1.83 bits per heavy atom. The summed E-state index contributed by atoms with van der Waals surface area (Å²) in [6.45, 7) is 6.91. The fraction of sp³-hybridized carbons (Fsp3) is 0.846. The van der Waals surface area contributed by atoms with Crippen molar-refractivity contribution in [3.63, 3.8) is 0 Å². The van der Waals surface area contributed by atoms with Crippen LogP contribution in [0, 0.1) is 28.6 Å². The Hall–Kier alpha value is -1.12. The second-order valence-electron chi connectivity index (χ2n) is 10.8. The van der Waals surface area contributed by atoms with Gasteiger partial charge in [-0.05, 0) is 68.1 Å². The van der Waals surface area contributed by atoms with Crippen LogP contribution in [-0.4, -0.2) is 17.9 Å². The van der Waals surface area contributed by atoms with Gasteiger partial charge in [0.15, 0.2) is 0 Å². The number of rotatable bonds is 6. The van der Waals surface area contributed by atoms with Crippen LogP contribution >= 0.6 is 0 Å². The minimum absolute atomic E-state index is 0.00175. The van der Waals surface area contributed by atoms with E-state index in [2.05, 4.69) is 26.8 Å². The lowest BCUT2D eigenvalue weighted by atomic mass is 9.48. The molecule has 162 valence electrons. The molecule has 0 unspecified atom stereocenters. The largest absolute Gasteiger partial charge is 0.462 e. The molecular weight excluding hydrogens is 360 g/mol. The molecule has 0 bridgehead atoms. The number of allylic oxidation sites excluding steroid dienone is 1. The number of ketones is 1. The molecule has 4 rings (SSSR count). The van der Waals surface area contributed by atoms with Gasteiger partial charge >= 0.3 is 5.97 Å². The van der Waals surface area contributed by atoms with Crippen molar-refractivity contribution in [3.8, 4) is 0 Å². The van der Waals surface area contributed by atoms with E-state index < -0.39 is 0 Å². The molecule has 3 saturated carbocycles. The third-order valence-electron chi connectivity index (χ3n) is 9.30. The number of hydrogen-bond acceptors (Lipinski definition) is 3. The third-order valence-corrected chi connectivity index (χ3v) is 9.30. The second-order valence-corrected chi connectivity index (χ2v) is 10.8. The molecule has 0 aromatic rings. The van der Waals surface area contributed by atoms with Crippen molar-refractivity contribution >= 4 is 11.8 Å². The van der Waals surface area contributed by atoms with Gasteiger partial charge in [-0.25, -0.2) is 0 Å². The van der Waals surface area contributed by atoms with E-state index in [9.17, 15) is 9.59 Å². The third kappa shape index (κ3) is 3.72. The van der Waals surface area contributed by atoms with Gasteiger partial charge in [-0.15, -0.1) is 0 Å². The molecule has 29 heavy (non-hydrogen) atoms. The first-order chi connectivity index (χ1) is 13.9. The number of hydrogen-bond donors (Lipinski definition) is 0. The van der Waals surface area contributed by atoms with E-state index in [-0.39, 0.29) is 22.9 Å². The van der Waals surface area contributed by atoms with Crippen molar-refractivity contribution in [2.75, 3.05) is 0 Å². The molecule has 0 aliphatic heterocycles. The molecule has 3 heteroatoms. The van der Waals surface area contributed by atoms with Gasteiger partial charge in [-0.3, -0.25) is 9.59 Å². The molecule has 0 radical (unpaired) electrons. The van der Waals surface area contributed by atoms with E-state index in [1.54, 1.807) is 5.57 Å². The summed E-state index contributed by atoms with van der Waals surface area (Å²) in [5.41, 5.74) is 1.74. The van der Waals surface area contributed by atoms with E-state index in [0.29, 0.717) is 30.0 Å². The summed E-state index contributed by atoms with van der Waals surface area (Å²) in [6.07, 6.45) is 16.0. The first kappa shape index (κ1) is 21.1. The maximum Gasteiger partial charge on any atom is 0.306 e. The molecule has 4 aliphatic carbocycles. The highest BCUT2D eigenvalue weighted by Crippen LogP contribution is 2.64. The van der Waals surface area contributed by atoms with Crippen LogP contribution in [0.5, 0.6) is 0 Å². The van der Waals surface area contributed by atoms with Gasteiger partial charge in [-0.1, -0.05) is 51.7 Å². The van der Waals surface area contributed by atoms with Crippen molar-refractivity contribution in [2.45, 2.75) is 110 Å². The summed E-state index contributed by atoms with van der Waals surface area (Å²) in [5.74, 6) is 2.49. The van der Waals surface area contributed by atoms with E-state index in [0.717, 1.165) is 57.8 Å². The summed E-state index contributed by atoms with van der Waals surface area (Å²) in [4.78, 5) is 24.8. The zero-order chi connectivity index (χ0) is 20.6. The predicted molar refractivity (Wildman–Crippen MR) is 115 cm³/mol. The van der Waals surface area contributed by atoms with Crippen LogP contribution in [0.4, 0.5) is 0 Å². The molecule has 0 N–H and O–H groups in total. The van der Waals surface area contributed by atoms with Gasteiger partial charge < -0.3 is 4.74 Å². The van der Waals surface area contributed by atoms with E-state index in [1.165, 1.54) is 19.3 Å². The lowest BCUT2D eigenvalue weighted by Gasteiger charge is -2.56. The van der Waals surface area contributed by atoms with Crippen molar-refractivity contribution in [3.05, 3.63) is 11.6 Å². The molecule has 0 heterocycles. The number of unbranched alkanes of at least 4 members (excludes halogenated alkanes) is 3. The van der Waals surface area contributed by atoms with Gasteiger partial charge in [0, 0.05) is 24.7 Å². The first-order valence-corrected chi connectivity index (χ1v) is 12.3. The van der Waals surface area contributed by atoms with Gasteiger partial charge in [0.2, 0.25) is 0 Å². The number of fused-ring (bicyclic) bond motifs is 5. The standard InChI is InChI=1S/C26H40O3/c1-4-5-6-7-8-24(28)29-19-13-15-25(2)18(17-19)9-10-20-21-11-12-23(27)26(21,3)16-14-22(20)25/h9,19-22H,4-8,10-17H2,1-3H3/t19-,20-,21-,22-,25+,26-/m1/s1. The number of Topliss-reactive ketones (excluding diaryl/α,β-unsaturated/α-hetero) is 1. The average molecular weight is 401 g/mol. The topological polar surface area (TPSA) is 43.4 Å². The SMILES string of the molecule is CCCCCCC(=O)O[C@@H]1CC[C@@]2(C)C(=CC[C@@H]3[C@H]4CCC(=O)[C@]4(C)CC[C@H]32)C1. The quantitative estimate of drug-likeness (QED) is 0.294. The Kier molecular flexibility index (Phi) is 5.97. The molecule has 3 fully saturated rings. The van der Waals surface area contributed by atoms with E-state index >= 15 is 0 Å².